The first-order chi connectivity index (χ1) is 16.1. The summed E-state index contributed by atoms with van der Waals surface area (Å²) in [4.78, 5) is 32.0. The van der Waals surface area contributed by atoms with Crippen LogP contribution in [0.25, 0.3) is 15.2 Å². The van der Waals surface area contributed by atoms with E-state index in [4.69, 9.17) is 4.74 Å². The molecule has 0 aliphatic rings. The minimum atomic E-state index is -0.522. The first-order valence-corrected chi connectivity index (χ1v) is 11.6. The molecule has 5 aromatic rings. The number of rotatable bonds is 5. The lowest BCUT2D eigenvalue weighted by molar-refractivity contribution is 0.0463. The molecule has 0 aliphatic heterocycles. The smallest absolute Gasteiger partial charge is 0.339 e. The summed E-state index contributed by atoms with van der Waals surface area (Å²) in [5, 5.41) is 9.34. The topological polar surface area (TPSA) is 84.5 Å². The molecule has 5 rings (SSSR count). The van der Waals surface area contributed by atoms with Crippen molar-refractivity contribution in [3.8, 4) is 6.07 Å². The van der Waals surface area contributed by atoms with Crippen molar-refractivity contribution in [1.82, 2.24) is 9.38 Å². The summed E-state index contributed by atoms with van der Waals surface area (Å²) in [5.74, 6) is -0.522. The number of carbonyl (C=O) groups is 1. The number of ether oxygens (including phenoxy) is 1. The Balaban J connectivity index is 1.39. The summed E-state index contributed by atoms with van der Waals surface area (Å²) < 4.78 is 8.02. The molecular formula is C25H15N3O3S2. The fourth-order valence-corrected chi connectivity index (χ4v) is 5.47. The number of thiazole rings is 1. The highest BCUT2D eigenvalue weighted by atomic mass is 32.2. The zero-order chi connectivity index (χ0) is 22.8. The van der Waals surface area contributed by atoms with E-state index in [9.17, 15) is 14.9 Å². The maximum absolute atomic E-state index is 12.9. The fourth-order valence-electron chi connectivity index (χ4n) is 3.41. The van der Waals surface area contributed by atoms with Crippen LogP contribution in [0.1, 0.15) is 21.6 Å². The van der Waals surface area contributed by atoms with E-state index < -0.39 is 5.97 Å². The van der Waals surface area contributed by atoms with E-state index in [2.05, 4.69) is 11.1 Å². The van der Waals surface area contributed by atoms with Gasteiger partial charge >= 0.3 is 5.97 Å². The van der Waals surface area contributed by atoms with Gasteiger partial charge in [0.2, 0.25) is 0 Å². The van der Waals surface area contributed by atoms with E-state index in [0.717, 1.165) is 15.1 Å². The van der Waals surface area contributed by atoms with Gasteiger partial charge in [-0.3, -0.25) is 9.20 Å². The molecule has 0 bridgehead atoms. The molecule has 0 unspecified atom stereocenters. The maximum atomic E-state index is 12.9. The third-order valence-corrected chi connectivity index (χ3v) is 7.11. The molecule has 160 valence electrons. The molecule has 0 saturated carbocycles. The number of nitrogens with zero attached hydrogens (tertiary/aromatic N) is 3. The molecule has 0 saturated heterocycles. The van der Waals surface area contributed by atoms with Crippen LogP contribution >= 0.6 is 23.1 Å². The lowest BCUT2D eigenvalue weighted by Gasteiger charge is -2.10. The first-order valence-electron chi connectivity index (χ1n) is 9.97. The van der Waals surface area contributed by atoms with Gasteiger partial charge in [-0.2, -0.15) is 5.26 Å². The van der Waals surface area contributed by atoms with Gasteiger partial charge in [-0.1, -0.05) is 59.5 Å². The van der Waals surface area contributed by atoms with Crippen molar-refractivity contribution >= 4 is 44.2 Å². The zero-order valence-electron chi connectivity index (χ0n) is 17.1. The van der Waals surface area contributed by atoms with Gasteiger partial charge in [0.25, 0.3) is 5.56 Å². The van der Waals surface area contributed by atoms with Crippen molar-refractivity contribution in [3.05, 3.63) is 106 Å². The van der Waals surface area contributed by atoms with Crippen LogP contribution in [0.3, 0.4) is 0 Å². The van der Waals surface area contributed by atoms with E-state index in [-0.39, 0.29) is 12.2 Å². The number of carbonyl (C=O) groups excluding carboxylic acids is 1. The maximum Gasteiger partial charge on any atom is 0.339 e. The Hall–Kier alpha value is -3.93. The van der Waals surface area contributed by atoms with Crippen LogP contribution in [0.4, 0.5) is 0 Å². The van der Waals surface area contributed by atoms with Crippen molar-refractivity contribution in [2.75, 3.05) is 0 Å². The van der Waals surface area contributed by atoms with Crippen LogP contribution in [-0.2, 0) is 11.3 Å². The van der Waals surface area contributed by atoms with E-state index in [0.29, 0.717) is 26.7 Å². The molecule has 0 fully saturated rings. The summed E-state index contributed by atoms with van der Waals surface area (Å²) in [5.41, 5.74) is 1.90. The van der Waals surface area contributed by atoms with Crippen molar-refractivity contribution in [2.45, 2.75) is 16.4 Å². The second-order valence-electron chi connectivity index (χ2n) is 7.06. The minimum Gasteiger partial charge on any atom is -0.456 e. The molecular weight excluding hydrogens is 454 g/mol. The Morgan fingerprint density at radius 1 is 1.03 bits per heavy atom. The number of esters is 1. The largest absolute Gasteiger partial charge is 0.456 e. The molecule has 0 aliphatic carbocycles. The molecule has 6 nitrogen and oxygen atoms in total. The second-order valence-corrected chi connectivity index (χ2v) is 9.15. The van der Waals surface area contributed by atoms with Gasteiger partial charge in [0.15, 0.2) is 4.96 Å². The number of aromatic nitrogens is 2. The van der Waals surface area contributed by atoms with E-state index in [1.165, 1.54) is 29.2 Å². The summed E-state index contributed by atoms with van der Waals surface area (Å²) in [7, 11) is 0. The van der Waals surface area contributed by atoms with Gasteiger partial charge in [0, 0.05) is 15.9 Å². The minimum absolute atomic E-state index is 0.118. The predicted octanol–water partition coefficient (Wildman–Crippen LogP) is 5.29. The SMILES string of the molecule is N#Cc1ccccc1Sc1ccccc1C(=O)OCc1cc(=O)n2c(n1)sc1ccccc12. The monoisotopic (exact) mass is 469 g/mol. The van der Waals surface area contributed by atoms with Crippen LogP contribution in [-0.4, -0.2) is 15.4 Å². The van der Waals surface area contributed by atoms with Crippen LogP contribution in [0, 0.1) is 11.3 Å². The highest BCUT2D eigenvalue weighted by Gasteiger charge is 2.16. The highest BCUT2D eigenvalue weighted by molar-refractivity contribution is 7.99. The molecule has 0 spiro atoms. The van der Waals surface area contributed by atoms with Crippen LogP contribution in [0.15, 0.2) is 93.4 Å². The summed E-state index contributed by atoms with van der Waals surface area (Å²) in [6, 6.07) is 25.4. The van der Waals surface area contributed by atoms with Gasteiger partial charge in [-0.25, -0.2) is 9.78 Å². The van der Waals surface area contributed by atoms with Crippen LogP contribution in [0.5, 0.6) is 0 Å². The van der Waals surface area contributed by atoms with Crippen molar-refractivity contribution in [2.24, 2.45) is 0 Å². The van der Waals surface area contributed by atoms with Gasteiger partial charge in [0.05, 0.1) is 27.0 Å². The third-order valence-electron chi connectivity index (χ3n) is 4.93. The van der Waals surface area contributed by atoms with E-state index >= 15 is 0 Å². The quantitative estimate of drug-likeness (QED) is 0.325. The number of fused-ring (bicyclic) bond motifs is 3. The predicted molar refractivity (Wildman–Crippen MR) is 128 cm³/mol. The summed E-state index contributed by atoms with van der Waals surface area (Å²) >= 11 is 2.74. The Bertz CT molecular complexity index is 1620. The Morgan fingerprint density at radius 3 is 2.61 bits per heavy atom. The standard InChI is InChI=1S/C25H15N3O3S2/c26-14-16-7-1-4-10-20(16)32-21-11-5-2-8-18(21)24(30)31-15-17-13-23(29)28-19-9-3-6-12-22(19)33-25(28)27-17/h1-13H,15H2. The fraction of sp³-hybridized carbons (Fsp3) is 0.0400. The Morgan fingerprint density at radius 2 is 1.76 bits per heavy atom. The number of para-hydroxylation sites is 1. The van der Waals surface area contributed by atoms with E-state index in [1.54, 1.807) is 28.7 Å². The van der Waals surface area contributed by atoms with Crippen LogP contribution in [0.2, 0.25) is 0 Å². The summed E-state index contributed by atoms with van der Waals surface area (Å²) in [6.07, 6.45) is 0. The average molecular weight is 470 g/mol. The molecule has 33 heavy (non-hydrogen) atoms. The number of hydrogen-bond donors (Lipinski definition) is 0. The molecule has 0 amide bonds. The second kappa shape index (κ2) is 8.90. The van der Waals surface area contributed by atoms with Gasteiger partial charge in [0.1, 0.15) is 12.7 Å². The average Bonchev–Trinajstić information content (AvgIpc) is 3.22. The molecule has 0 radical (unpaired) electrons. The van der Waals surface area contributed by atoms with Crippen molar-refractivity contribution in [3.63, 3.8) is 0 Å². The number of hydrogen-bond acceptors (Lipinski definition) is 7. The molecule has 0 atom stereocenters. The Kier molecular flexibility index (Phi) is 5.65. The lowest BCUT2D eigenvalue weighted by Crippen LogP contribution is -2.15. The Labute approximate surface area is 196 Å². The van der Waals surface area contributed by atoms with Gasteiger partial charge in [-0.05, 0) is 36.4 Å². The summed E-state index contributed by atoms with van der Waals surface area (Å²) in [6.45, 7) is -0.118. The third kappa shape index (κ3) is 4.12. The number of nitriles is 1. The normalized spacial score (nSPS) is 10.9. The highest BCUT2D eigenvalue weighted by Crippen LogP contribution is 2.33. The molecule has 0 N–H and O–H groups in total. The van der Waals surface area contributed by atoms with Crippen molar-refractivity contribution in [1.29, 1.82) is 5.26 Å². The number of benzene rings is 3. The molecule has 3 aromatic carbocycles. The van der Waals surface area contributed by atoms with Gasteiger partial charge < -0.3 is 4.74 Å². The molecule has 2 heterocycles. The molecule has 2 aromatic heterocycles. The zero-order valence-corrected chi connectivity index (χ0v) is 18.7. The lowest BCUT2D eigenvalue weighted by atomic mass is 10.2. The van der Waals surface area contributed by atoms with Crippen molar-refractivity contribution < 1.29 is 9.53 Å². The first kappa shape index (κ1) is 20.9. The van der Waals surface area contributed by atoms with Crippen LogP contribution < -0.4 is 5.56 Å². The van der Waals surface area contributed by atoms with E-state index in [1.807, 2.05) is 48.5 Å². The van der Waals surface area contributed by atoms with Gasteiger partial charge in [-0.15, -0.1) is 0 Å². The molecule has 8 heteroatoms.